The van der Waals surface area contributed by atoms with Crippen LogP contribution in [-0.2, 0) is 24.2 Å². The van der Waals surface area contributed by atoms with Crippen molar-refractivity contribution >= 4 is 22.4 Å². The molecule has 5 nitrogen and oxygen atoms in total. The second-order valence-electron chi connectivity index (χ2n) is 4.75. The molecule has 6 heteroatoms. The summed E-state index contributed by atoms with van der Waals surface area (Å²) in [5.74, 6) is -0.0432. The first-order valence-electron chi connectivity index (χ1n) is 6.69. The van der Waals surface area contributed by atoms with E-state index in [2.05, 4.69) is 33.0 Å². The number of fused-ring (bicyclic) bond motifs is 1. The van der Waals surface area contributed by atoms with Gasteiger partial charge in [0.05, 0.1) is 6.04 Å². The number of aryl methyl sites for hydroxylation is 1. The molecule has 1 aliphatic rings. The maximum Gasteiger partial charge on any atom is 0.243 e. The Labute approximate surface area is 121 Å². The van der Waals surface area contributed by atoms with Gasteiger partial charge in [0.15, 0.2) is 0 Å². The van der Waals surface area contributed by atoms with E-state index < -0.39 is 0 Å². The van der Waals surface area contributed by atoms with Gasteiger partial charge in [-0.3, -0.25) is 10.1 Å². The number of carbonyl (C=O) groups is 1. The Kier molecular flexibility index (Phi) is 3.75. The highest BCUT2D eigenvalue weighted by atomic mass is 32.1. The van der Waals surface area contributed by atoms with Gasteiger partial charge in [-0.15, -0.1) is 10.2 Å². The molecular weight excluding hydrogens is 272 g/mol. The van der Waals surface area contributed by atoms with E-state index in [0.29, 0.717) is 11.6 Å². The van der Waals surface area contributed by atoms with E-state index in [-0.39, 0.29) is 11.9 Å². The molecule has 2 N–H and O–H groups in total. The van der Waals surface area contributed by atoms with Crippen molar-refractivity contribution in [2.24, 2.45) is 0 Å². The van der Waals surface area contributed by atoms with Gasteiger partial charge in [0, 0.05) is 6.54 Å². The summed E-state index contributed by atoms with van der Waals surface area (Å²) in [6.07, 6.45) is 1.55. The summed E-state index contributed by atoms with van der Waals surface area (Å²) >= 11 is 1.43. The summed E-state index contributed by atoms with van der Waals surface area (Å²) in [7, 11) is 0. The van der Waals surface area contributed by atoms with Crippen molar-refractivity contribution in [1.29, 1.82) is 0 Å². The first kappa shape index (κ1) is 13.2. The SMILES string of the molecule is CCc1nnc(NC(=O)[C@@H]2Cc3ccccc3CN2)s1. The van der Waals surface area contributed by atoms with Crippen molar-refractivity contribution in [2.75, 3.05) is 5.32 Å². The Morgan fingerprint density at radius 2 is 2.20 bits per heavy atom. The Morgan fingerprint density at radius 1 is 1.40 bits per heavy atom. The molecule has 0 spiro atoms. The molecule has 104 valence electrons. The summed E-state index contributed by atoms with van der Waals surface area (Å²) in [5, 5.41) is 15.6. The lowest BCUT2D eigenvalue weighted by molar-refractivity contribution is -0.118. The molecule has 0 radical (unpaired) electrons. The van der Waals surface area contributed by atoms with Crippen LogP contribution in [0.2, 0.25) is 0 Å². The Hall–Kier alpha value is -1.79. The van der Waals surface area contributed by atoms with Gasteiger partial charge >= 0.3 is 0 Å². The third-order valence-electron chi connectivity index (χ3n) is 3.40. The molecule has 20 heavy (non-hydrogen) atoms. The number of nitrogens with one attached hydrogen (secondary N) is 2. The molecule has 0 saturated carbocycles. The molecule has 2 aromatic rings. The van der Waals surface area contributed by atoms with E-state index in [1.165, 1.54) is 22.5 Å². The van der Waals surface area contributed by atoms with Crippen LogP contribution in [0.15, 0.2) is 24.3 Å². The smallest absolute Gasteiger partial charge is 0.243 e. The Bertz CT molecular complexity index is 625. The van der Waals surface area contributed by atoms with Crippen molar-refractivity contribution < 1.29 is 4.79 Å². The average Bonchev–Trinajstić information content (AvgIpc) is 2.94. The molecule has 1 aliphatic heterocycles. The summed E-state index contributed by atoms with van der Waals surface area (Å²) < 4.78 is 0. The number of amides is 1. The molecule has 0 fully saturated rings. The fourth-order valence-electron chi connectivity index (χ4n) is 2.28. The van der Waals surface area contributed by atoms with Crippen LogP contribution in [0.4, 0.5) is 5.13 Å². The summed E-state index contributed by atoms with van der Waals surface area (Å²) in [6, 6.07) is 8.00. The Morgan fingerprint density at radius 3 is 2.95 bits per heavy atom. The van der Waals surface area contributed by atoms with E-state index in [1.54, 1.807) is 0 Å². The second kappa shape index (κ2) is 5.68. The van der Waals surface area contributed by atoms with Gasteiger partial charge < -0.3 is 5.32 Å². The van der Waals surface area contributed by atoms with E-state index in [9.17, 15) is 4.79 Å². The minimum absolute atomic E-state index is 0.0432. The number of anilines is 1. The number of hydrogen-bond acceptors (Lipinski definition) is 5. The van der Waals surface area contributed by atoms with Gasteiger partial charge in [-0.1, -0.05) is 42.5 Å². The topological polar surface area (TPSA) is 66.9 Å². The largest absolute Gasteiger partial charge is 0.301 e. The zero-order valence-electron chi connectivity index (χ0n) is 11.2. The highest BCUT2D eigenvalue weighted by Gasteiger charge is 2.24. The highest BCUT2D eigenvalue weighted by molar-refractivity contribution is 7.15. The molecule has 1 atom stereocenters. The van der Waals surface area contributed by atoms with Gasteiger partial charge in [0.2, 0.25) is 11.0 Å². The van der Waals surface area contributed by atoms with Crippen LogP contribution in [-0.4, -0.2) is 22.1 Å². The van der Waals surface area contributed by atoms with Gasteiger partial charge in [-0.05, 0) is 24.0 Å². The molecule has 3 rings (SSSR count). The summed E-state index contributed by atoms with van der Waals surface area (Å²) in [5.41, 5.74) is 2.50. The normalized spacial score (nSPS) is 17.6. The monoisotopic (exact) mass is 288 g/mol. The van der Waals surface area contributed by atoms with Crippen LogP contribution in [0.3, 0.4) is 0 Å². The molecule has 0 unspecified atom stereocenters. The number of benzene rings is 1. The predicted molar refractivity (Wildman–Crippen MR) is 78.7 cm³/mol. The fourth-order valence-corrected chi connectivity index (χ4v) is 2.96. The lowest BCUT2D eigenvalue weighted by Gasteiger charge is -2.24. The van der Waals surface area contributed by atoms with Gasteiger partial charge in [0.25, 0.3) is 0 Å². The zero-order valence-corrected chi connectivity index (χ0v) is 12.0. The molecule has 1 amide bonds. The van der Waals surface area contributed by atoms with E-state index in [0.717, 1.165) is 18.0 Å². The molecular formula is C14H16N4OS. The maximum absolute atomic E-state index is 12.2. The third-order valence-corrected chi connectivity index (χ3v) is 4.38. The predicted octanol–water partition coefficient (Wildman–Crippen LogP) is 1.75. The van der Waals surface area contributed by atoms with Crippen LogP contribution >= 0.6 is 11.3 Å². The van der Waals surface area contributed by atoms with Gasteiger partial charge in [-0.25, -0.2) is 0 Å². The van der Waals surface area contributed by atoms with E-state index in [1.807, 2.05) is 19.1 Å². The average molecular weight is 288 g/mol. The lowest BCUT2D eigenvalue weighted by Crippen LogP contribution is -2.44. The molecule has 0 bridgehead atoms. The molecule has 1 aromatic heterocycles. The van der Waals surface area contributed by atoms with Gasteiger partial charge in [0.1, 0.15) is 5.01 Å². The van der Waals surface area contributed by atoms with Crippen molar-refractivity contribution in [3.05, 3.63) is 40.4 Å². The quantitative estimate of drug-likeness (QED) is 0.903. The summed E-state index contributed by atoms with van der Waals surface area (Å²) in [4.78, 5) is 12.2. The zero-order chi connectivity index (χ0) is 13.9. The molecule has 0 saturated heterocycles. The number of rotatable bonds is 3. The van der Waals surface area contributed by atoms with Crippen LogP contribution in [0.25, 0.3) is 0 Å². The molecule has 0 aliphatic carbocycles. The van der Waals surface area contributed by atoms with Crippen molar-refractivity contribution in [1.82, 2.24) is 15.5 Å². The number of nitrogens with zero attached hydrogens (tertiary/aromatic N) is 2. The van der Waals surface area contributed by atoms with Gasteiger partial charge in [-0.2, -0.15) is 0 Å². The first-order chi connectivity index (χ1) is 9.76. The van der Waals surface area contributed by atoms with E-state index in [4.69, 9.17) is 0 Å². The van der Waals surface area contributed by atoms with Crippen molar-refractivity contribution in [3.8, 4) is 0 Å². The summed E-state index contributed by atoms with van der Waals surface area (Å²) in [6.45, 7) is 2.75. The third kappa shape index (κ3) is 2.71. The number of hydrogen-bond donors (Lipinski definition) is 2. The lowest BCUT2D eigenvalue weighted by atomic mass is 9.95. The maximum atomic E-state index is 12.2. The number of carbonyl (C=O) groups excluding carboxylic acids is 1. The van der Waals surface area contributed by atoms with Crippen LogP contribution in [0, 0.1) is 0 Å². The first-order valence-corrected chi connectivity index (χ1v) is 7.51. The van der Waals surface area contributed by atoms with Crippen LogP contribution < -0.4 is 10.6 Å². The van der Waals surface area contributed by atoms with Crippen molar-refractivity contribution in [2.45, 2.75) is 32.4 Å². The fraction of sp³-hybridized carbons (Fsp3) is 0.357. The standard InChI is InChI=1S/C14H16N4OS/c1-2-12-17-18-14(20-12)16-13(19)11-7-9-5-3-4-6-10(9)8-15-11/h3-6,11,15H,2,7-8H2,1H3,(H,16,18,19)/t11-/m0/s1. The number of aromatic nitrogens is 2. The van der Waals surface area contributed by atoms with Crippen LogP contribution in [0.1, 0.15) is 23.1 Å². The Balaban J connectivity index is 1.67. The minimum Gasteiger partial charge on any atom is -0.301 e. The van der Waals surface area contributed by atoms with Crippen molar-refractivity contribution in [3.63, 3.8) is 0 Å². The highest BCUT2D eigenvalue weighted by Crippen LogP contribution is 2.19. The minimum atomic E-state index is -0.209. The molecule has 1 aromatic carbocycles. The van der Waals surface area contributed by atoms with Crippen LogP contribution in [0.5, 0.6) is 0 Å². The second-order valence-corrected chi connectivity index (χ2v) is 5.81. The van der Waals surface area contributed by atoms with E-state index >= 15 is 0 Å². The molecule has 2 heterocycles.